The topological polar surface area (TPSA) is 27.7 Å². The van der Waals surface area contributed by atoms with Gasteiger partial charge in [0.2, 0.25) is 0 Å². The van der Waals surface area contributed by atoms with Crippen LogP contribution in [-0.4, -0.2) is 36.2 Å². The molecule has 0 radical (unpaired) electrons. The molecule has 35 heavy (non-hydrogen) atoms. The van der Waals surface area contributed by atoms with Gasteiger partial charge in [-0.25, -0.2) is 0 Å². The summed E-state index contributed by atoms with van der Waals surface area (Å²) in [7, 11) is 14.6. The molecule has 3 nitrogen and oxygen atoms in total. The van der Waals surface area contributed by atoms with Gasteiger partial charge in [0.05, 0.1) is 0 Å². The van der Waals surface area contributed by atoms with Crippen LogP contribution in [0.1, 0.15) is 90.9 Å². The second-order valence-electron chi connectivity index (χ2n) is 9.29. The molecule has 0 aliphatic heterocycles. The van der Waals surface area contributed by atoms with E-state index in [4.69, 9.17) is 25.4 Å². The molecule has 0 bridgehead atoms. The van der Waals surface area contributed by atoms with Crippen LogP contribution in [0.4, 0.5) is 0 Å². The van der Waals surface area contributed by atoms with Crippen molar-refractivity contribution in [3.63, 3.8) is 0 Å². The average molecular weight is 737 g/mol. The Morgan fingerprint density at radius 3 is 1.23 bits per heavy atom. The van der Waals surface area contributed by atoms with Crippen molar-refractivity contribution in [2.24, 2.45) is 0 Å². The molecular formula is C28H44Cl2O3Sn2. The van der Waals surface area contributed by atoms with Gasteiger partial charge in [-0.05, 0) is 0 Å². The van der Waals surface area contributed by atoms with Crippen LogP contribution in [0.25, 0.3) is 0 Å². The van der Waals surface area contributed by atoms with E-state index >= 15 is 0 Å². The van der Waals surface area contributed by atoms with Gasteiger partial charge in [0, 0.05) is 0 Å². The Hall–Kier alpha value is 0.177. The Labute approximate surface area is 231 Å². The van der Waals surface area contributed by atoms with Crippen molar-refractivity contribution < 1.29 is 7.56 Å². The van der Waals surface area contributed by atoms with E-state index in [0.29, 0.717) is 0 Å². The van der Waals surface area contributed by atoms with Crippen LogP contribution in [0, 0.1) is 0 Å². The SMILES string of the molecule is CCCCCCC[CH2][Sn]([Cl])([O]c1ccccc1)[O][Sn]([Cl])([CH2]CCCCCCC)[O]c1ccccc1. The predicted molar refractivity (Wildman–Crippen MR) is 155 cm³/mol. The molecular weight excluding hydrogens is 693 g/mol. The third kappa shape index (κ3) is 14.1. The van der Waals surface area contributed by atoms with Gasteiger partial charge < -0.3 is 0 Å². The van der Waals surface area contributed by atoms with Crippen molar-refractivity contribution >= 4 is 54.0 Å². The van der Waals surface area contributed by atoms with E-state index < -0.39 is 36.2 Å². The number of hydrogen-bond donors (Lipinski definition) is 0. The fourth-order valence-electron chi connectivity index (χ4n) is 4.04. The molecule has 7 heteroatoms. The van der Waals surface area contributed by atoms with E-state index in [1.807, 2.05) is 60.7 Å². The van der Waals surface area contributed by atoms with Gasteiger partial charge in [0.15, 0.2) is 0 Å². The van der Waals surface area contributed by atoms with Crippen molar-refractivity contribution in [2.45, 2.75) is 99.8 Å². The number of rotatable bonds is 20. The van der Waals surface area contributed by atoms with E-state index in [1.165, 1.54) is 51.4 Å². The van der Waals surface area contributed by atoms with Gasteiger partial charge in [0.1, 0.15) is 0 Å². The summed E-state index contributed by atoms with van der Waals surface area (Å²) < 4.78 is 21.3. The average Bonchev–Trinajstić information content (AvgIpc) is 2.84. The van der Waals surface area contributed by atoms with Gasteiger partial charge in [-0.15, -0.1) is 0 Å². The summed E-state index contributed by atoms with van der Waals surface area (Å²) in [4.78, 5) is 0. The number of benzene rings is 2. The minimum atomic E-state index is -4.04. The molecule has 0 aliphatic carbocycles. The Morgan fingerprint density at radius 2 is 0.857 bits per heavy atom. The first-order chi connectivity index (χ1) is 17.0. The second-order valence-corrected chi connectivity index (χ2v) is 33.1. The first-order valence-electron chi connectivity index (χ1n) is 13.5. The maximum absolute atomic E-state index is 7.30. The summed E-state index contributed by atoms with van der Waals surface area (Å²) in [5.74, 6) is 1.54. The maximum atomic E-state index is 7.30. The molecule has 0 aliphatic rings. The molecule has 2 aromatic carbocycles. The summed E-state index contributed by atoms with van der Waals surface area (Å²) in [6.07, 6.45) is 14.4. The minimum absolute atomic E-state index is 0.772. The molecule has 0 spiro atoms. The summed E-state index contributed by atoms with van der Waals surface area (Å²) in [5.41, 5.74) is 0. The summed E-state index contributed by atoms with van der Waals surface area (Å²) in [6, 6.07) is 19.7. The van der Waals surface area contributed by atoms with Crippen molar-refractivity contribution in [1.29, 1.82) is 0 Å². The van der Waals surface area contributed by atoms with E-state index in [0.717, 1.165) is 46.1 Å². The van der Waals surface area contributed by atoms with Crippen molar-refractivity contribution in [3.8, 4) is 11.5 Å². The van der Waals surface area contributed by atoms with Crippen LogP contribution in [0.3, 0.4) is 0 Å². The summed E-state index contributed by atoms with van der Waals surface area (Å²) in [6.45, 7) is 4.48. The molecule has 0 saturated carbocycles. The van der Waals surface area contributed by atoms with Gasteiger partial charge in [0.25, 0.3) is 0 Å². The van der Waals surface area contributed by atoms with Crippen molar-refractivity contribution in [3.05, 3.63) is 60.7 Å². The molecule has 0 saturated heterocycles. The first kappa shape index (κ1) is 31.4. The van der Waals surface area contributed by atoms with Crippen molar-refractivity contribution in [2.75, 3.05) is 0 Å². The van der Waals surface area contributed by atoms with Crippen LogP contribution in [0.15, 0.2) is 60.7 Å². The second kappa shape index (κ2) is 18.4. The van der Waals surface area contributed by atoms with Gasteiger partial charge in [-0.3, -0.25) is 0 Å². The van der Waals surface area contributed by atoms with Gasteiger partial charge in [-0.1, -0.05) is 0 Å². The number of halogens is 2. The number of hydrogen-bond acceptors (Lipinski definition) is 3. The zero-order chi connectivity index (χ0) is 25.2. The molecule has 0 aromatic heterocycles. The molecule has 0 heterocycles. The normalized spacial score (nSPS) is 14.7. The van der Waals surface area contributed by atoms with E-state index in [1.54, 1.807) is 0 Å². The van der Waals surface area contributed by atoms with Gasteiger partial charge in [-0.2, -0.15) is 0 Å². The van der Waals surface area contributed by atoms with Crippen LogP contribution in [0.5, 0.6) is 11.5 Å². The number of para-hydroxylation sites is 2. The van der Waals surface area contributed by atoms with Crippen LogP contribution >= 0.6 is 17.8 Å². The predicted octanol–water partition coefficient (Wildman–Crippen LogP) is 10.2. The standard InChI is InChI=1S/2C8H17.2C6H6O.2ClH.O.2Sn/c2*1-3-5-7-8-6-4-2;2*7-6-4-2-1-3-5-6;;;;;/h2*1,3-8H2,2H3;2*1-5,7H;2*1H;;;/q;;;;;;;2*+2/p-4. The quantitative estimate of drug-likeness (QED) is 0.100. The van der Waals surface area contributed by atoms with E-state index in [-0.39, 0.29) is 0 Å². The van der Waals surface area contributed by atoms with Gasteiger partial charge >= 0.3 is 233 Å². The monoisotopic (exact) mass is 738 g/mol. The third-order valence-corrected chi connectivity index (χ3v) is 38.4. The molecule has 2 atom stereocenters. The molecule has 0 N–H and O–H groups in total. The first-order valence-corrected chi connectivity index (χ1v) is 29.5. The summed E-state index contributed by atoms with van der Waals surface area (Å²) in [5, 5.41) is 0. The molecule has 2 aromatic rings. The van der Waals surface area contributed by atoms with Crippen LogP contribution < -0.4 is 6.15 Å². The molecule has 2 unspecified atom stereocenters. The molecule has 0 fully saturated rings. The fraction of sp³-hybridized carbons (Fsp3) is 0.571. The third-order valence-electron chi connectivity index (χ3n) is 5.99. The number of unbranched alkanes of at least 4 members (excludes halogenated alkanes) is 10. The van der Waals surface area contributed by atoms with Crippen molar-refractivity contribution in [1.82, 2.24) is 0 Å². The van der Waals surface area contributed by atoms with Crippen LogP contribution in [-0.2, 0) is 1.41 Å². The molecule has 2 rings (SSSR count). The summed E-state index contributed by atoms with van der Waals surface area (Å²) >= 11 is -8.07. The van der Waals surface area contributed by atoms with E-state index in [2.05, 4.69) is 13.8 Å². The molecule has 196 valence electrons. The Morgan fingerprint density at radius 1 is 0.514 bits per heavy atom. The van der Waals surface area contributed by atoms with E-state index in [9.17, 15) is 0 Å². The zero-order valence-electron chi connectivity index (χ0n) is 21.7. The molecule has 0 amide bonds. The Balaban J connectivity index is 2.11. The fourth-order valence-corrected chi connectivity index (χ4v) is 43.6. The Kier molecular flexibility index (Phi) is 16.5. The Bertz CT molecular complexity index is 719. The van der Waals surface area contributed by atoms with Crippen LogP contribution in [0.2, 0.25) is 8.87 Å². The zero-order valence-corrected chi connectivity index (χ0v) is 28.9.